The molecule has 5 rings (SSSR count). The first-order chi connectivity index (χ1) is 15.6. The van der Waals surface area contributed by atoms with Crippen LogP contribution in [0.15, 0.2) is 54.9 Å². The summed E-state index contributed by atoms with van der Waals surface area (Å²) in [5, 5.41) is 8.22. The quantitative estimate of drug-likeness (QED) is 0.558. The van der Waals surface area contributed by atoms with Gasteiger partial charge in [0.15, 0.2) is 5.78 Å². The Hall–Kier alpha value is -3.81. The van der Waals surface area contributed by atoms with Gasteiger partial charge in [-0.3, -0.25) is 14.4 Å². The first kappa shape index (κ1) is 20.1. The van der Waals surface area contributed by atoms with Gasteiger partial charge in [-0.1, -0.05) is 30.3 Å². The molecule has 1 amide bonds. The van der Waals surface area contributed by atoms with Crippen LogP contribution < -0.4 is 4.74 Å². The molecule has 2 heterocycles. The molecule has 0 bridgehead atoms. The molecule has 3 aromatic rings. The van der Waals surface area contributed by atoms with Gasteiger partial charge in [0.2, 0.25) is 0 Å². The molecule has 2 aliphatic rings. The number of nitrogens with zero attached hydrogens (tertiary/aromatic N) is 4. The average Bonchev–Trinajstić information content (AvgIpc) is 3.42. The maximum atomic E-state index is 12.9. The maximum absolute atomic E-state index is 12.9. The van der Waals surface area contributed by atoms with Crippen molar-refractivity contribution in [3.63, 3.8) is 0 Å². The molecule has 1 atom stereocenters. The van der Waals surface area contributed by atoms with Crippen molar-refractivity contribution in [3.05, 3.63) is 77.1 Å². The predicted octanol–water partition coefficient (Wildman–Crippen LogP) is 2.55. The summed E-state index contributed by atoms with van der Waals surface area (Å²) >= 11 is 0. The lowest BCUT2D eigenvalue weighted by atomic mass is 9.92. The summed E-state index contributed by atoms with van der Waals surface area (Å²) in [4.78, 5) is 40.1. The minimum absolute atomic E-state index is 0.0497. The van der Waals surface area contributed by atoms with E-state index in [9.17, 15) is 14.4 Å². The van der Waals surface area contributed by atoms with E-state index >= 15 is 0 Å². The van der Waals surface area contributed by atoms with Crippen LogP contribution in [0.1, 0.15) is 46.3 Å². The number of carbonyl (C=O) groups excluding carboxylic acids is 3. The normalized spacial score (nSPS) is 18.2. The van der Waals surface area contributed by atoms with E-state index in [0.717, 1.165) is 16.7 Å². The monoisotopic (exact) mass is 430 g/mol. The van der Waals surface area contributed by atoms with Crippen molar-refractivity contribution >= 4 is 17.5 Å². The van der Waals surface area contributed by atoms with E-state index in [1.807, 2.05) is 30.3 Å². The molecule has 1 aliphatic carbocycles. The lowest BCUT2D eigenvalue weighted by Gasteiger charge is -2.29. The second-order valence-corrected chi connectivity index (χ2v) is 8.12. The van der Waals surface area contributed by atoms with Gasteiger partial charge in [-0.15, -0.1) is 0 Å². The number of ketones is 2. The Morgan fingerprint density at radius 2 is 1.72 bits per heavy atom. The van der Waals surface area contributed by atoms with Crippen LogP contribution in [0.5, 0.6) is 5.75 Å². The fourth-order valence-corrected chi connectivity index (χ4v) is 4.29. The number of rotatable bonds is 6. The van der Waals surface area contributed by atoms with E-state index in [-0.39, 0.29) is 23.9 Å². The number of benzene rings is 2. The Kier molecular flexibility index (Phi) is 5.26. The zero-order valence-corrected chi connectivity index (χ0v) is 17.4. The van der Waals surface area contributed by atoms with Gasteiger partial charge >= 0.3 is 0 Å². The number of hydrogen-bond acceptors (Lipinski definition) is 6. The smallest absolute Gasteiger partial charge is 0.255 e. The molecule has 2 aromatic carbocycles. The third-order valence-electron chi connectivity index (χ3n) is 5.98. The molecule has 32 heavy (non-hydrogen) atoms. The van der Waals surface area contributed by atoms with Gasteiger partial charge < -0.3 is 9.64 Å². The number of hydrogen-bond donors (Lipinski definition) is 0. The summed E-state index contributed by atoms with van der Waals surface area (Å²) in [6.07, 6.45) is 3.95. The number of fused-ring (bicyclic) bond motifs is 1. The Morgan fingerprint density at radius 3 is 2.47 bits per heavy atom. The van der Waals surface area contributed by atoms with Gasteiger partial charge in [-0.25, -0.2) is 0 Å². The zero-order valence-electron chi connectivity index (χ0n) is 17.4. The van der Waals surface area contributed by atoms with E-state index in [1.54, 1.807) is 34.2 Å². The van der Waals surface area contributed by atoms with Gasteiger partial charge in [0.05, 0.1) is 37.9 Å². The van der Waals surface area contributed by atoms with Crippen molar-refractivity contribution in [1.82, 2.24) is 19.9 Å². The molecule has 0 spiro atoms. The Morgan fingerprint density at radius 1 is 0.969 bits per heavy atom. The van der Waals surface area contributed by atoms with Crippen LogP contribution in [0.25, 0.3) is 0 Å². The van der Waals surface area contributed by atoms with E-state index in [0.29, 0.717) is 43.9 Å². The standard InChI is InChI=1S/C24H22N4O4/c29-18-8-9-21(22(30)12-18)27-14-20-19(24(27)31)2-1-3-23(20)32-15-17-6-4-16(5-7-17)13-28-25-10-11-26-28/h1-7,10-11,21H,8-9,12-15H2. The molecule has 1 fully saturated rings. The van der Waals surface area contributed by atoms with Crippen LogP contribution in [0, 0.1) is 0 Å². The summed E-state index contributed by atoms with van der Waals surface area (Å²) in [6.45, 7) is 1.29. The van der Waals surface area contributed by atoms with E-state index in [1.165, 1.54) is 0 Å². The second kappa shape index (κ2) is 8.37. The molecule has 0 N–H and O–H groups in total. The number of carbonyl (C=O) groups is 3. The van der Waals surface area contributed by atoms with E-state index in [4.69, 9.17) is 4.74 Å². The summed E-state index contributed by atoms with van der Waals surface area (Å²) in [5.74, 6) is 0.249. The first-order valence-electron chi connectivity index (χ1n) is 10.6. The van der Waals surface area contributed by atoms with E-state index < -0.39 is 6.04 Å². The van der Waals surface area contributed by atoms with Crippen molar-refractivity contribution < 1.29 is 19.1 Å². The molecule has 0 radical (unpaired) electrons. The number of aromatic nitrogens is 3. The van der Waals surface area contributed by atoms with Crippen LogP contribution in [0.3, 0.4) is 0 Å². The third-order valence-corrected chi connectivity index (χ3v) is 5.98. The third kappa shape index (κ3) is 3.91. The highest BCUT2D eigenvalue weighted by molar-refractivity contribution is 6.07. The van der Waals surface area contributed by atoms with Crippen molar-refractivity contribution in [1.29, 1.82) is 0 Å². The van der Waals surface area contributed by atoms with Crippen LogP contribution in [0.4, 0.5) is 0 Å². The highest BCUT2D eigenvalue weighted by Crippen LogP contribution is 2.34. The summed E-state index contributed by atoms with van der Waals surface area (Å²) in [5.41, 5.74) is 3.45. The minimum Gasteiger partial charge on any atom is -0.489 e. The Bertz CT molecular complexity index is 1170. The molecule has 8 heteroatoms. The molecule has 0 saturated heterocycles. The lowest BCUT2D eigenvalue weighted by molar-refractivity contribution is -0.133. The second-order valence-electron chi connectivity index (χ2n) is 8.12. The van der Waals surface area contributed by atoms with Crippen molar-refractivity contribution in [2.24, 2.45) is 0 Å². The molecule has 1 unspecified atom stereocenters. The Balaban J connectivity index is 1.27. The maximum Gasteiger partial charge on any atom is 0.255 e. The molecular formula is C24H22N4O4. The van der Waals surface area contributed by atoms with Gasteiger partial charge in [-0.2, -0.15) is 15.0 Å². The first-order valence-corrected chi connectivity index (χ1v) is 10.6. The fraction of sp³-hybridized carbons (Fsp3) is 0.292. The molecule has 1 aliphatic heterocycles. The summed E-state index contributed by atoms with van der Waals surface area (Å²) < 4.78 is 6.06. The van der Waals surface area contributed by atoms with Crippen LogP contribution in [0.2, 0.25) is 0 Å². The number of ether oxygens (including phenoxy) is 1. The molecule has 8 nitrogen and oxygen atoms in total. The largest absolute Gasteiger partial charge is 0.489 e. The van der Waals surface area contributed by atoms with Crippen LogP contribution >= 0.6 is 0 Å². The minimum atomic E-state index is -0.530. The van der Waals surface area contributed by atoms with Crippen molar-refractivity contribution in [2.45, 2.75) is 45.0 Å². The topological polar surface area (TPSA) is 94.4 Å². The molecule has 1 aromatic heterocycles. The highest BCUT2D eigenvalue weighted by Gasteiger charge is 2.39. The molecule has 1 saturated carbocycles. The summed E-state index contributed by atoms with van der Waals surface area (Å²) in [6, 6.07) is 12.9. The highest BCUT2D eigenvalue weighted by atomic mass is 16.5. The SMILES string of the molecule is O=C1CCC(N2Cc3c(OCc4ccc(Cn5nccn5)cc4)cccc3C2=O)C(=O)C1. The number of amides is 1. The van der Waals surface area contributed by atoms with Crippen LogP contribution in [-0.4, -0.2) is 43.4 Å². The number of Topliss-reactive ketones (excluding diaryl/α,β-unsaturated/α-hetero) is 2. The summed E-state index contributed by atoms with van der Waals surface area (Å²) in [7, 11) is 0. The van der Waals surface area contributed by atoms with Crippen molar-refractivity contribution in [3.8, 4) is 5.75 Å². The van der Waals surface area contributed by atoms with Gasteiger partial charge in [0, 0.05) is 17.5 Å². The van der Waals surface area contributed by atoms with Gasteiger partial charge in [0.25, 0.3) is 5.91 Å². The zero-order chi connectivity index (χ0) is 22.1. The van der Waals surface area contributed by atoms with Crippen LogP contribution in [-0.2, 0) is 29.3 Å². The van der Waals surface area contributed by atoms with Crippen molar-refractivity contribution in [2.75, 3.05) is 0 Å². The average molecular weight is 430 g/mol. The lowest BCUT2D eigenvalue weighted by Crippen LogP contribution is -2.44. The van der Waals surface area contributed by atoms with Gasteiger partial charge in [-0.05, 0) is 29.7 Å². The van der Waals surface area contributed by atoms with Gasteiger partial charge in [0.1, 0.15) is 18.1 Å². The Labute approximate surface area is 184 Å². The molecular weight excluding hydrogens is 408 g/mol. The molecule has 162 valence electrons. The predicted molar refractivity (Wildman–Crippen MR) is 114 cm³/mol. The van der Waals surface area contributed by atoms with E-state index in [2.05, 4.69) is 10.2 Å². The fourth-order valence-electron chi connectivity index (χ4n) is 4.29.